The van der Waals surface area contributed by atoms with Gasteiger partial charge in [0.2, 0.25) is 0 Å². The third-order valence-electron chi connectivity index (χ3n) is 8.44. The molecule has 47 heavy (non-hydrogen) atoms. The van der Waals surface area contributed by atoms with Crippen LogP contribution in [0.1, 0.15) is 0 Å². The summed E-state index contributed by atoms with van der Waals surface area (Å²) in [4.78, 5) is 8.95. The molecule has 0 atom stereocenters. The van der Waals surface area contributed by atoms with E-state index in [9.17, 15) is 0 Å². The maximum absolute atomic E-state index is 6.22. The summed E-state index contributed by atoms with van der Waals surface area (Å²) in [5.74, 6) is 7.34. The number of thiophene rings is 1. The Balaban J connectivity index is 0.000000161. The molecule has 0 saturated heterocycles. The first-order valence-corrected chi connectivity index (χ1v) is 27.3. The third kappa shape index (κ3) is 6.67. The smallest absolute Gasteiger partial charge is 0 e. The number of pyridine rings is 2. The molecule has 0 fully saturated rings. The fourth-order valence-electron chi connectivity index (χ4n) is 5.82. The second kappa shape index (κ2) is 13.3. The summed E-state index contributed by atoms with van der Waals surface area (Å²) in [5, 5.41) is 6.37. The zero-order valence-corrected chi connectivity index (χ0v) is 33.7. The maximum Gasteiger partial charge on any atom is 0 e. The van der Waals surface area contributed by atoms with Gasteiger partial charge in [0.15, 0.2) is 0 Å². The molecule has 7 heteroatoms. The van der Waals surface area contributed by atoms with Crippen LogP contribution < -0.4 is 9.58 Å². The van der Waals surface area contributed by atoms with Gasteiger partial charge in [0.25, 0.3) is 0 Å². The van der Waals surface area contributed by atoms with Crippen molar-refractivity contribution in [2.75, 3.05) is 0 Å². The summed E-state index contributed by atoms with van der Waals surface area (Å²) in [6.07, 6.45) is 3.65. The average molecular weight is 886 g/mol. The Labute approximate surface area is 297 Å². The molecule has 1 radical (unpaired) electrons. The van der Waals surface area contributed by atoms with Crippen LogP contribution in [0.5, 0.6) is 0 Å². The summed E-state index contributed by atoms with van der Waals surface area (Å²) in [7, 11) is -1.36. The van der Waals surface area contributed by atoms with Crippen molar-refractivity contribution < 1.29 is 24.5 Å². The van der Waals surface area contributed by atoms with Crippen LogP contribution in [-0.4, -0.2) is 31.3 Å². The third-order valence-corrected chi connectivity index (χ3v) is 16.0. The number of furan rings is 1. The van der Waals surface area contributed by atoms with E-state index in [0.717, 1.165) is 44.5 Å². The van der Waals surface area contributed by atoms with E-state index in [-0.39, 0.29) is 20.1 Å². The van der Waals surface area contributed by atoms with Crippen molar-refractivity contribution >= 4 is 84.4 Å². The fraction of sp³-hybridized carbons (Fsp3) is 0.150. The molecule has 0 bridgehead atoms. The van der Waals surface area contributed by atoms with Gasteiger partial charge in [-0.3, -0.25) is 0 Å². The molecule has 237 valence electrons. The van der Waals surface area contributed by atoms with Gasteiger partial charge in [0.05, 0.1) is 13.7 Å². The van der Waals surface area contributed by atoms with Crippen molar-refractivity contribution in [1.29, 1.82) is 0 Å². The number of hydrogen-bond acceptors (Lipinski definition) is 4. The van der Waals surface area contributed by atoms with E-state index in [1.54, 1.807) is 10.6 Å². The normalized spacial score (nSPS) is 11.9. The topological polar surface area (TPSA) is 38.9 Å². The molecule has 4 heterocycles. The van der Waals surface area contributed by atoms with Crippen LogP contribution in [0.25, 0.3) is 64.6 Å². The molecule has 0 amide bonds. The summed E-state index contributed by atoms with van der Waals surface area (Å²) >= 11 is 0.0716. The summed E-state index contributed by atoms with van der Waals surface area (Å²) in [5.41, 5.74) is 5.75. The van der Waals surface area contributed by atoms with Gasteiger partial charge in [-0.15, -0.1) is 18.2 Å². The van der Waals surface area contributed by atoms with Crippen LogP contribution >= 0.6 is 11.3 Å². The van der Waals surface area contributed by atoms with E-state index in [0.29, 0.717) is 0 Å². The molecule has 8 rings (SSSR count). The molecule has 0 N–H and O–H groups in total. The van der Waals surface area contributed by atoms with E-state index in [2.05, 4.69) is 114 Å². The van der Waals surface area contributed by atoms with Crippen molar-refractivity contribution in [3.05, 3.63) is 122 Å². The van der Waals surface area contributed by atoms with Crippen molar-refractivity contribution in [3.63, 3.8) is 0 Å². The Morgan fingerprint density at radius 2 is 1.32 bits per heavy atom. The Hall–Kier alpha value is -3.39. The minimum absolute atomic E-state index is 0. The van der Waals surface area contributed by atoms with Crippen LogP contribution in [0.2, 0.25) is 36.9 Å². The van der Waals surface area contributed by atoms with Crippen molar-refractivity contribution in [1.82, 2.24) is 9.97 Å². The van der Waals surface area contributed by atoms with Crippen molar-refractivity contribution in [3.8, 4) is 22.5 Å². The summed E-state index contributed by atoms with van der Waals surface area (Å²) in [6, 6.07) is 40.6. The first kappa shape index (κ1) is 33.5. The van der Waals surface area contributed by atoms with Gasteiger partial charge in [-0.25, -0.2) is 0 Å². The second-order valence-corrected chi connectivity index (χ2v) is 30.5. The van der Waals surface area contributed by atoms with E-state index in [1.807, 2.05) is 60.0 Å². The molecular weight excluding hydrogens is 849 g/mol. The zero-order chi connectivity index (χ0) is 32.1. The fourth-order valence-corrected chi connectivity index (χ4v) is 10.9. The van der Waals surface area contributed by atoms with E-state index in [1.165, 1.54) is 25.4 Å². The molecule has 0 aliphatic carbocycles. The number of hydrogen-bond donors (Lipinski definition) is 0. The monoisotopic (exact) mass is 887 g/mol. The van der Waals surface area contributed by atoms with Crippen molar-refractivity contribution in [2.45, 2.75) is 36.9 Å². The van der Waals surface area contributed by atoms with Gasteiger partial charge in [-0.1, -0.05) is 60.0 Å². The van der Waals surface area contributed by atoms with Crippen LogP contribution in [0.3, 0.4) is 0 Å². The summed E-state index contributed by atoms with van der Waals surface area (Å²) < 4.78 is 10.5. The van der Waals surface area contributed by atoms with Gasteiger partial charge in [0.1, 0.15) is 5.58 Å². The molecule has 0 unspecified atom stereocenters. The van der Waals surface area contributed by atoms with E-state index in [4.69, 9.17) is 4.42 Å². The maximum atomic E-state index is 6.22. The predicted octanol–water partition coefficient (Wildman–Crippen LogP) is 10.5. The van der Waals surface area contributed by atoms with Crippen LogP contribution in [0.15, 0.2) is 114 Å². The molecule has 0 aliphatic rings. The minimum Gasteiger partial charge on any atom is 0 e. The first-order valence-electron chi connectivity index (χ1n) is 15.7. The Kier molecular flexibility index (Phi) is 9.45. The number of benzene rings is 4. The van der Waals surface area contributed by atoms with Gasteiger partial charge < -0.3 is 9.40 Å². The van der Waals surface area contributed by atoms with Gasteiger partial charge in [-0.05, 0) is 17.8 Å². The van der Waals surface area contributed by atoms with Crippen LogP contribution in [0.4, 0.5) is 0 Å². The average Bonchev–Trinajstić information content (AvgIpc) is 3.63. The molecule has 0 aliphatic heterocycles. The van der Waals surface area contributed by atoms with Crippen LogP contribution in [0, 0.1) is 12.1 Å². The Morgan fingerprint density at radius 3 is 1.96 bits per heavy atom. The van der Waals surface area contributed by atoms with Gasteiger partial charge >= 0.3 is 143 Å². The van der Waals surface area contributed by atoms with Crippen molar-refractivity contribution in [2.24, 2.45) is 0 Å². The van der Waals surface area contributed by atoms with Gasteiger partial charge in [-0.2, -0.15) is 0 Å². The number of nitrogens with zero attached hydrogens (tertiary/aromatic N) is 2. The number of rotatable bonds is 4. The molecule has 0 spiro atoms. The van der Waals surface area contributed by atoms with Crippen LogP contribution in [-0.2, 0) is 20.1 Å². The standard InChI is InChI=1S/C20H18GeNS.C20H18NOSi.Ir/c1-21(2,3)14-10-11-15-16-7-6-8-17(18-9-4-5-12-22-18)20(16)23-19(15)13-14;1-23(2,3)14-10-11-15-16-7-6-8-17(18-9-4-5-12-21-18)20(16)22-19(15)13-14;/h2*4-7,9-13H,1-3H3;/q2*-1;. The molecule has 4 aromatic heterocycles. The SMILES string of the molecule is C[Si](C)(C)c1ccc2c(c1)oc1c(-c3ccccn3)[c-]ccc12.[CH3][Ge]([CH3])([CH3])[c]1ccc2c(c1)sc1c(-c3ccccn3)[c-]ccc12.[Ir]. The number of aromatic nitrogens is 2. The number of fused-ring (bicyclic) bond motifs is 6. The molecular formula is C40H36GeIrN2OSSi-2. The molecule has 8 aromatic rings. The molecule has 3 nitrogen and oxygen atoms in total. The molecule has 4 aromatic carbocycles. The quantitative estimate of drug-likeness (QED) is 0.131. The largest absolute Gasteiger partial charge is 0 e. The Morgan fingerprint density at radius 1 is 0.681 bits per heavy atom. The molecule has 0 saturated carbocycles. The zero-order valence-electron chi connectivity index (χ0n) is 27.4. The Bertz CT molecular complexity index is 2170. The van der Waals surface area contributed by atoms with E-state index < -0.39 is 21.3 Å². The predicted molar refractivity (Wildman–Crippen MR) is 203 cm³/mol. The summed E-state index contributed by atoms with van der Waals surface area (Å²) in [6.45, 7) is 7.05. The van der Waals surface area contributed by atoms with E-state index >= 15 is 0 Å². The first-order chi connectivity index (χ1) is 22.1. The minimum atomic E-state index is -1.80. The second-order valence-electron chi connectivity index (χ2n) is 13.7. The van der Waals surface area contributed by atoms with Gasteiger partial charge in [0, 0.05) is 31.7 Å².